The number of likely N-dealkylation sites (tertiary alicyclic amines) is 1. The molecule has 3 nitrogen and oxygen atoms in total. The fraction of sp³-hybridized carbons (Fsp3) is 0.462. The van der Waals surface area contributed by atoms with Gasteiger partial charge < -0.3 is 5.73 Å². The number of halogens is 1. The zero-order valence-electron chi connectivity index (χ0n) is 10.1. The first-order valence-electron chi connectivity index (χ1n) is 5.78. The number of carbonyl (C=O) groups excluding carboxylic acids is 1. The topological polar surface area (TPSA) is 46.3 Å². The lowest BCUT2D eigenvalue weighted by Gasteiger charge is -2.16. The number of anilines is 1. The second kappa shape index (κ2) is 6.03. The summed E-state index contributed by atoms with van der Waals surface area (Å²) in [5.41, 5.74) is 8.55. The summed E-state index contributed by atoms with van der Waals surface area (Å²) in [6.07, 6.45) is 2.54. The fourth-order valence-corrected chi connectivity index (χ4v) is 2.14. The van der Waals surface area contributed by atoms with Gasteiger partial charge in [-0.1, -0.05) is 0 Å². The van der Waals surface area contributed by atoms with Gasteiger partial charge in [0.1, 0.15) is 0 Å². The minimum Gasteiger partial charge on any atom is -0.398 e. The second-order valence-corrected chi connectivity index (χ2v) is 4.45. The Hall–Kier alpha value is -1.06. The van der Waals surface area contributed by atoms with Crippen LogP contribution in [0.15, 0.2) is 18.2 Å². The predicted octanol–water partition coefficient (Wildman–Crippen LogP) is 2.49. The van der Waals surface area contributed by atoms with Crippen molar-refractivity contribution in [3.05, 3.63) is 29.3 Å². The number of hydrogen-bond acceptors (Lipinski definition) is 3. The molecule has 17 heavy (non-hydrogen) atoms. The van der Waals surface area contributed by atoms with Gasteiger partial charge >= 0.3 is 0 Å². The summed E-state index contributed by atoms with van der Waals surface area (Å²) in [5.74, 6) is 0.0997. The van der Waals surface area contributed by atoms with Gasteiger partial charge in [-0.3, -0.25) is 9.69 Å². The summed E-state index contributed by atoms with van der Waals surface area (Å²) in [5, 5.41) is 0. The summed E-state index contributed by atoms with van der Waals surface area (Å²) < 4.78 is 0. The second-order valence-electron chi connectivity index (χ2n) is 4.45. The third kappa shape index (κ3) is 3.45. The van der Waals surface area contributed by atoms with Gasteiger partial charge in [0.2, 0.25) is 0 Å². The third-order valence-corrected chi connectivity index (χ3v) is 3.14. The summed E-state index contributed by atoms with van der Waals surface area (Å²) in [6.45, 7) is 4.74. The number of Topliss-reactive ketones (excluding diaryl/α,β-unsaturated/α-hetero) is 1. The minimum atomic E-state index is 0. The maximum atomic E-state index is 11.3. The Morgan fingerprint density at radius 3 is 2.59 bits per heavy atom. The van der Waals surface area contributed by atoms with Crippen molar-refractivity contribution in [2.24, 2.45) is 0 Å². The van der Waals surface area contributed by atoms with Crippen LogP contribution in [0.1, 0.15) is 35.7 Å². The largest absolute Gasteiger partial charge is 0.398 e. The molecule has 1 saturated heterocycles. The molecule has 94 valence electrons. The van der Waals surface area contributed by atoms with Crippen LogP contribution in [0.3, 0.4) is 0 Å². The van der Waals surface area contributed by atoms with Crippen molar-refractivity contribution in [1.29, 1.82) is 0 Å². The summed E-state index contributed by atoms with van der Waals surface area (Å²) in [6, 6.07) is 5.56. The summed E-state index contributed by atoms with van der Waals surface area (Å²) >= 11 is 0. The van der Waals surface area contributed by atoms with Crippen molar-refractivity contribution in [3.63, 3.8) is 0 Å². The van der Waals surface area contributed by atoms with Crippen LogP contribution in [0, 0.1) is 0 Å². The maximum absolute atomic E-state index is 11.3. The molecule has 0 unspecified atom stereocenters. The molecule has 0 aromatic heterocycles. The summed E-state index contributed by atoms with van der Waals surface area (Å²) in [4.78, 5) is 13.7. The number of carbonyl (C=O) groups is 1. The van der Waals surface area contributed by atoms with E-state index >= 15 is 0 Å². The van der Waals surface area contributed by atoms with Gasteiger partial charge in [0.25, 0.3) is 0 Å². The Bertz CT molecular complexity index is 400. The Kier molecular flexibility index (Phi) is 4.97. The Labute approximate surface area is 108 Å². The number of ketones is 1. The number of benzene rings is 1. The molecule has 0 spiro atoms. The number of nitrogen functional groups attached to an aromatic ring is 1. The first-order chi connectivity index (χ1) is 7.66. The average Bonchev–Trinajstić information content (AvgIpc) is 2.73. The lowest BCUT2D eigenvalue weighted by Crippen LogP contribution is -2.19. The van der Waals surface area contributed by atoms with Crippen LogP contribution < -0.4 is 5.73 Å². The molecule has 0 saturated carbocycles. The van der Waals surface area contributed by atoms with Crippen molar-refractivity contribution in [2.75, 3.05) is 18.8 Å². The van der Waals surface area contributed by atoms with Gasteiger partial charge in [-0.05, 0) is 56.6 Å². The van der Waals surface area contributed by atoms with Crippen molar-refractivity contribution in [3.8, 4) is 0 Å². The van der Waals surface area contributed by atoms with Crippen molar-refractivity contribution >= 4 is 23.9 Å². The van der Waals surface area contributed by atoms with Crippen LogP contribution in [0.25, 0.3) is 0 Å². The highest BCUT2D eigenvalue weighted by Crippen LogP contribution is 2.19. The van der Waals surface area contributed by atoms with E-state index < -0.39 is 0 Å². The molecule has 1 aromatic carbocycles. The number of nitrogens with two attached hydrogens (primary N) is 1. The van der Waals surface area contributed by atoms with Gasteiger partial charge in [0.15, 0.2) is 5.78 Å². The van der Waals surface area contributed by atoms with E-state index in [9.17, 15) is 4.79 Å². The predicted molar refractivity (Wildman–Crippen MR) is 72.6 cm³/mol. The van der Waals surface area contributed by atoms with Crippen LogP contribution in [0.4, 0.5) is 5.69 Å². The molecule has 1 aromatic rings. The van der Waals surface area contributed by atoms with E-state index in [1.54, 1.807) is 13.0 Å². The van der Waals surface area contributed by atoms with E-state index in [0.29, 0.717) is 0 Å². The first kappa shape index (κ1) is 14.0. The molecule has 0 radical (unpaired) electrons. The van der Waals surface area contributed by atoms with Crippen LogP contribution in [-0.2, 0) is 6.54 Å². The van der Waals surface area contributed by atoms with E-state index in [4.69, 9.17) is 5.73 Å². The van der Waals surface area contributed by atoms with E-state index in [1.165, 1.54) is 12.8 Å². The van der Waals surface area contributed by atoms with Crippen LogP contribution in [0.2, 0.25) is 0 Å². The molecule has 1 aliphatic rings. The van der Waals surface area contributed by atoms with Gasteiger partial charge in [-0.15, -0.1) is 12.4 Å². The molecule has 1 aliphatic heterocycles. The quantitative estimate of drug-likeness (QED) is 0.666. The molecule has 0 amide bonds. The molecule has 1 fully saturated rings. The molecule has 0 atom stereocenters. The van der Waals surface area contributed by atoms with E-state index in [0.717, 1.165) is 36.4 Å². The lowest BCUT2D eigenvalue weighted by molar-refractivity contribution is 0.101. The Balaban J connectivity index is 0.00000144. The normalized spacial score (nSPS) is 15.6. The third-order valence-electron chi connectivity index (χ3n) is 3.14. The highest BCUT2D eigenvalue weighted by molar-refractivity contribution is 5.94. The van der Waals surface area contributed by atoms with Gasteiger partial charge in [-0.25, -0.2) is 0 Å². The SMILES string of the molecule is CC(=O)c1ccc(N)c(CN2CCCC2)c1.Cl. The molecule has 1 heterocycles. The molecule has 2 N–H and O–H groups in total. The average molecular weight is 255 g/mol. The van der Waals surface area contributed by atoms with Gasteiger partial charge in [0, 0.05) is 17.8 Å². The Morgan fingerprint density at radius 2 is 2.00 bits per heavy atom. The van der Waals surface area contributed by atoms with E-state index in [2.05, 4.69) is 4.90 Å². The molecular weight excluding hydrogens is 236 g/mol. The molecule has 0 aliphatic carbocycles. The number of rotatable bonds is 3. The zero-order valence-corrected chi connectivity index (χ0v) is 10.9. The molecule has 0 bridgehead atoms. The first-order valence-corrected chi connectivity index (χ1v) is 5.78. The van der Waals surface area contributed by atoms with Crippen molar-refractivity contribution in [2.45, 2.75) is 26.3 Å². The van der Waals surface area contributed by atoms with Crippen LogP contribution >= 0.6 is 12.4 Å². The highest BCUT2D eigenvalue weighted by atomic mass is 35.5. The van der Waals surface area contributed by atoms with Gasteiger partial charge in [0.05, 0.1) is 0 Å². The van der Waals surface area contributed by atoms with E-state index in [-0.39, 0.29) is 18.2 Å². The Morgan fingerprint density at radius 1 is 1.35 bits per heavy atom. The molecular formula is C13H19ClN2O. The minimum absolute atomic E-state index is 0. The number of hydrogen-bond donors (Lipinski definition) is 1. The standard InChI is InChI=1S/C13H18N2O.ClH/c1-10(16)11-4-5-13(14)12(8-11)9-15-6-2-3-7-15;/h4-5,8H,2-3,6-7,9,14H2,1H3;1H. The van der Waals surface area contributed by atoms with Crippen molar-refractivity contribution < 1.29 is 4.79 Å². The van der Waals surface area contributed by atoms with E-state index in [1.807, 2.05) is 12.1 Å². The monoisotopic (exact) mass is 254 g/mol. The number of nitrogens with zero attached hydrogens (tertiary/aromatic N) is 1. The van der Waals surface area contributed by atoms with Crippen LogP contribution in [-0.4, -0.2) is 23.8 Å². The molecule has 2 rings (SSSR count). The smallest absolute Gasteiger partial charge is 0.159 e. The zero-order chi connectivity index (χ0) is 11.5. The maximum Gasteiger partial charge on any atom is 0.159 e. The van der Waals surface area contributed by atoms with Crippen molar-refractivity contribution in [1.82, 2.24) is 4.90 Å². The lowest BCUT2D eigenvalue weighted by atomic mass is 10.1. The fourth-order valence-electron chi connectivity index (χ4n) is 2.14. The summed E-state index contributed by atoms with van der Waals surface area (Å²) in [7, 11) is 0. The van der Waals surface area contributed by atoms with Gasteiger partial charge in [-0.2, -0.15) is 0 Å². The van der Waals surface area contributed by atoms with Crippen LogP contribution in [0.5, 0.6) is 0 Å². The molecule has 4 heteroatoms. The highest BCUT2D eigenvalue weighted by Gasteiger charge is 2.13.